The first-order valence-corrected chi connectivity index (χ1v) is 7.57. The van der Waals surface area contributed by atoms with Gasteiger partial charge in [-0.2, -0.15) is 0 Å². The number of nitrogens with one attached hydrogen (secondary N) is 1. The number of aryl methyl sites for hydroxylation is 1. The van der Waals surface area contributed by atoms with Gasteiger partial charge in [0.2, 0.25) is 0 Å². The van der Waals surface area contributed by atoms with Gasteiger partial charge in [0, 0.05) is 30.3 Å². The van der Waals surface area contributed by atoms with Gasteiger partial charge in [-0.25, -0.2) is 9.97 Å². The fraction of sp³-hybridized carbons (Fsp3) is 0.105. The minimum absolute atomic E-state index is 0.351. The molecule has 0 atom stereocenters. The van der Waals surface area contributed by atoms with Gasteiger partial charge in [-0.15, -0.1) is 0 Å². The summed E-state index contributed by atoms with van der Waals surface area (Å²) >= 11 is 0. The molecule has 2 aromatic carbocycles. The Bertz CT molecular complexity index is 863. The maximum Gasteiger partial charge on any atom is 0.308 e. The maximum absolute atomic E-state index is 11.1. The van der Waals surface area contributed by atoms with Crippen molar-refractivity contribution in [2.24, 2.45) is 0 Å². The third-order valence-corrected chi connectivity index (χ3v) is 3.28. The van der Waals surface area contributed by atoms with Crippen molar-refractivity contribution >= 4 is 17.5 Å². The van der Waals surface area contributed by atoms with E-state index in [-0.39, 0.29) is 5.97 Å². The van der Waals surface area contributed by atoms with E-state index in [1.54, 1.807) is 12.1 Å². The quantitative estimate of drug-likeness (QED) is 0.579. The Balaban J connectivity index is 1.88. The molecular weight excluding hydrogens is 302 g/mol. The number of hydrogen-bond acceptors (Lipinski definition) is 5. The summed E-state index contributed by atoms with van der Waals surface area (Å²) in [5, 5.41) is 3.23. The molecule has 0 saturated carbocycles. The largest absolute Gasteiger partial charge is 0.427 e. The number of ether oxygens (including phenoxy) is 1. The minimum atomic E-state index is -0.351. The number of hydrogen-bond donors (Lipinski definition) is 1. The number of benzene rings is 2. The average molecular weight is 319 g/mol. The highest BCUT2D eigenvalue weighted by Crippen LogP contribution is 2.24. The van der Waals surface area contributed by atoms with E-state index in [0.717, 1.165) is 16.9 Å². The van der Waals surface area contributed by atoms with Gasteiger partial charge in [0.15, 0.2) is 0 Å². The topological polar surface area (TPSA) is 64.1 Å². The fourth-order valence-electron chi connectivity index (χ4n) is 2.34. The van der Waals surface area contributed by atoms with Crippen LogP contribution in [0.4, 0.5) is 11.5 Å². The number of esters is 1. The Morgan fingerprint density at radius 3 is 2.54 bits per heavy atom. The third-order valence-electron chi connectivity index (χ3n) is 3.28. The van der Waals surface area contributed by atoms with E-state index in [0.29, 0.717) is 17.4 Å². The molecule has 0 radical (unpaired) electrons. The van der Waals surface area contributed by atoms with E-state index in [9.17, 15) is 4.79 Å². The molecule has 3 rings (SSSR count). The first-order chi connectivity index (χ1) is 11.6. The van der Waals surface area contributed by atoms with Crippen molar-refractivity contribution < 1.29 is 9.53 Å². The zero-order valence-electron chi connectivity index (χ0n) is 13.5. The highest BCUT2D eigenvalue weighted by atomic mass is 16.5. The molecule has 24 heavy (non-hydrogen) atoms. The van der Waals surface area contributed by atoms with E-state index in [2.05, 4.69) is 15.3 Å². The maximum atomic E-state index is 11.1. The molecule has 5 nitrogen and oxygen atoms in total. The van der Waals surface area contributed by atoms with Crippen LogP contribution in [0.15, 0.2) is 60.7 Å². The lowest BCUT2D eigenvalue weighted by Gasteiger charge is -2.10. The van der Waals surface area contributed by atoms with Crippen LogP contribution in [-0.2, 0) is 4.79 Å². The van der Waals surface area contributed by atoms with Crippen LogP contribution in [0.25, 0.3) is 11.3 Å². The van der Waals surface area contributed by atoms with Gasteiger partial charge in [0.25, 0.3) is 0 Å². The van der Waals surface area contributed by atoms with Crippen molar-refractivity contribution in [1.82, 2.24) is 9.97 Å². The van der Waals surface area contributed by atoms with Crippen LogP contribution >= 0.6 is 0 Å². The second kappa shape index (κ2) is 6.91. The Kier molecular flexibility index (Phi) is 4.52. The lowest BCUT2D eigenvalue weighted by atomic mass is 10.1. The minimum Gasteiger partial charge on any atom is -0.427 e. The molecule has 0 spiro atoms. The molecule has 0 aliphatic rings. The molecule has 0 aliphatic heterocycles. The Labute approximate surface area is 140 Å². The zero-order valence-corrected chi connectivity index (χ0v) is 13.5. The third kappa shape index (κ3) is 3.95. The number of nitrogens with zero attached hydrogens (tertiary/aromatic N) is 2. The number of carbonyl (C=O) groups excluding carboxylic acids is 1. The van der Waals surface area contributed by atoms with Crippen LogP contribution in [0, 0.1) is 6.92 Å². The van der Waals surface area contributed by atoms with E-state index >= 15 is 0 Å². The van der Waals surface area contributed by atoms with Crippen LogP contribution in [0.1, 0.15) is 12.7 Å². The van der Waals surface area contributed by atoms with Gasteiger partial charge < -0.3 is 10.1 Å². The summed E-state index contributed by atoms with van der Waals surface area (Å²) in [7, 11) is 0. The fourth-order valence-corrected chi connectivity index (χ4v) is 2.34. The summed E-state index contributed by atoms with van der Waals surface area (Å²) in [4.78, 5) is 20.0. The summed E-state index contributed by atoms with van der Waals surface area (Å²) in [6.45, 7) is 3.23. The first kappa shape index (κ1) is 15.7. The molecule has 5 heteroatoms. The number of carbonyl (C=O) groups is 1. The molecule has 1 aromatic heterocycles. The molecular formula is C19H17N3O2. The SMILES string of the molecule is CC(=O)Oc1cccc(Nc2cc(-c3ccccc3)nc(C)n2)c1. The van der Waals surface area contributed by atoms with E-state index < -0.39 is 0 Å². The number of aromatic nitrogens is 2. The van der Waals surface area contributed by atoms with Crippen LogP contribution in [0.2, 0.25) is 0 Å². The summed E-state index contributed by atoms with van der Waals surface area (Å²) in [6, 6.07) is 19.0. The summed E-state index contributed by atoms with van der Waals surface area (Å²) in [5.41, 5.74) is 2.66. The summed E-state index contributed by atoms with van der Waals surface area (Å²) < 4.78 is 5.10. The van der Waals surface area contributed by atoms with Crippen LogP contribution in [0.5, 0.6) is 5.75 Å². The lowest BCUT2D eigenvalue weighted by molar-refractivity contribution is -0.131. The van der Waals surface area contributed by atoms with Gasteiger partial charge >= 0.3 is 5.97 Å². The highest BCUT2D eigenvalue weighted by Gasteiger charge is 2.06. The van der Waals surface area contributed by atoms with E-state index in [1.165, 1.54) is 6.92 Å². The van der Waals surface area contributed by atoms with E-state index in [4.69, 9.17) is 4.74 Å². The molecule has 120 valence electrons. The monoisotopic (exact) mass is 319 g/mol. The molecule has 0 saturated heterocycles. The average Bonchev–Trinajstić information content (AvgIpc) is 2.55. The van der Waals surface area contributed by atoms with Crippen molar-refractivity contribution in [3.8, 4) is 17.0 Å². The van der Waals surface area contributed by atoms with Gasteiger partial charge in [-0.05, 0) is 19.1 Å². The lowest BCUT2D eigenvalue weighted by Crippen LogP contribution is -2.02. The molecule has 0 fully saturated rings. The van der Waals surface area contributed by atoms with Crippen LogP contribution < -0.4 is 10.1 Å². The van der Waals surface area contributed by atoms with Crippen LogP contribution in [-0.4, -0.2) is 15.9 Å². The standard InChI is InChI=1S/C19H17N3O2/c1-13-20-18(15-7-4-3-5-8-15)12-19(21-13)22-16-9-6-10-17(11-16)24-14(2)23/h3-12H,1-2H3,(H,20,21,22). The predicted octanol–water partition coefficient (Wildman–Crippen LogP) is 4.12. The number of rotatable bonds is 4. The van der Waals surface area contributed by atoms with Crippen LogP contribution in [0.3, 0.4) is 0 Å². The smallest absolute Gasteiger partial charge is 0.308 e. The van der Waals surface area contributed by atoms with Crippen molar-refractivity contribution in [1.29, 1.82) is 0 Å². The molecule has 0 unspecified atom stereocenters. The van der Waals surface area contributed by atoms with Gasteiger partial charge in [-0.3, -0.25) is 4.79 Å². The zero-order chi connectivity index (χ0) is 16.9. The normalized spacial score (nSPS) is 10.2. The Hall–Kier alpha value is -3.21. The van der Waals surface area contributed by atoms with Crippen molar-refractivity contribution in [2.45, 2.75) is 13.8 Å². The van der Waals surface area contributed by atoms with E-state index in [1.807, 2.05) is 55.5 Å². The first-order valence-electron chi connectivity index (χ1n) is 7.57. The second-order valence-corrected chi connectivity index (χ2v) is 5.30. The Morgan fingerprint density at radius 1 is 1.00 bits per heavy atom. The Morgan fingerprint density at radius 2 is 1.79 bits per heavy atom. The van der Waals surface area contributed by atoms with Crippen molar-refractivity contribution in [3.05, 3.63) is 66.5 Å². The predicted molar refractivity (Wildman–Crippen MR) is 93.2 cm³/mol. The molecule has 3 aromatic rings. The van der Waals surface area contributed by atoms with Crippen molar-refractivity contribution in [3.63, 3.8) is 0 Å². The number of anilines is 2. The highest BCUT2D eigenvalue weighted by molar-refractivity contribution is 5.71. The molecule has 0 amide bonds. The molecule has 1 N–H and O–H groups in total. The van der Waals surface area contributed by atoms with Crippen molar-refractivity contribution in [2.75, 3.05) is 5.32 Å². The molecule has 0 aliphatic carbocycles. The van der Waals surface area contributed by atoms with Gasteiger partial charge in [-0.1, -0.05) is 36.4 Å². The van der Waals surface area contributed by atoms with Gasteiger partial charge in [0.05, 0.1) is 5.69 Å². The summed E-state index contributed by atoms with van der Waals surface area (Å²) in [6.07, 6.45) is 0. The van der Waals surface area contributed by atoms with Gasteiger partial charge in [0.1, 0.15) is 17.4 Å². The summed E-state index contributed by atoms with van der Waals surface area (Å²) in [5.74, 6) is 1.49. The molecule has 0 bridgehead atoms. The molecule has 1 heterocycles. The second-order valence-electron chi connectivity index (χ2n) is 5.30.